The van der Waals surface area contributed by atoms with Gasteiger partial charge in [0.05, 0.1) is 0 Å². The van der Waals surface area contributed by atoms with Crippen LogP contribution in [0.15, 0.2) is 23.9 Å². The Kier molecular flexibility index (Phi) is 1.38. The van der Waals surface area contributed by atoms with Crippen molar-refractivity contribution < 1.29 is 0 Å². The number of rotatable bonds is 1. The van der Waals surface area contributed by atoms with Crippen molar-refractivity contribution >= 4 is 0 Å². The van der Waals surface area contributed by atoms with Crippen LogP contribution >= 0.6 is 0 Å². The molecule has 8 heavy (non-hydrogen) atoms. The van der Waals surface area contributed by atoms with E-state index in [4.69, 9.17) is 0 Å². The first-order valence-electron chi connectivity index (χ1n) is 2.84. The molecule has 0 saturated carbocycles. The second-order valence-electron chi connectivity index (χ2n) is 2.18. The molecule has 0 radical (unpaired) electrons. The number of allylic oxidation sites excluding steroid dienone is 3. The number of hydrogen-bond acceptors (Lipinski definition) is 1. The molecule has 0 aromatic rings. The molecule has 0 spiro atoms. The molecule has 0 heterocycles. The van der Waals surface area contributed by atoms with Crippen molar-refractivity contribution in [2.45, 2.75) is 6.42 Å². The average molecular weight is 109 g/mol. The van der Waals surface area contributed by atoms with Crippen molar-refractivity contribution in [2.24, 2.45) is 0 Å². The van der Waals surface area contributed by atoms with E-state index in [0.29, 0.717) is 0 Å². The monoisotopic (exact) mass is 109 g/mol. The van der Waals surface area contributed by atoms with E-state index >= 15 is 0 Å². The third kappa shape index (κ3) is 0.915. The topological polar surface area (TPSA) is 3.24 Å². The lowest BCUT2D eigenvalue weighted by Crippen LogP contribution is -2.08. The molecule has 0 unspecified atom stereocenters. The van der Waals surface area contributed by atoms with Crippen LogP contribution in [0.2, 0.25) is 0 Å². The largest absolute Gasteiger partial charge is 0.381 e. The summed E-state index contributed by atoms with van der Waals surface area (Å²) in [5, 5.41) is 0. The maximum absolute atomic E-state index is 2.16. The second kappa shape index (κ2) is 2.03. The van der Waals surface area contributed by atoms with Gasteiger partial charge in [0.1, 0.15) is 0 Å². The zero-order valence-corrected chi connectivity index (χ0v) is 5.39. The Morgan fingerprint density at radius 3 is 2.50 bits per heavy atom. The molecular weight excluding hydrogens is 98.1 g/mol. The lowest BCUT2D eigenvalue weighted by molar-refractivity contribution is 0.504. The Hall–Kier alpha value is -0.720. The standard InChI is InChI=1S/C7H11N/c1-8(2)7-5-3-4-6-7/h3-5H,6H2,1-2H3. The first-order valence-corrected chi connectivity index (χ1v) is 2.84. The predicted molar refractivity (Wildman–Crippen MR) is 35.5 cm³/mol. The van der Waals surface area contributed by atoms with Crippen LogP contribution in [0.3, 0.4) is 0 Å². The maximum Gasteiger partial charge on any atom is 0.0166 e. The molecule has 0 bridgehead atoms. The van der Waals surface area contributed by atoms with Crippen LogP contribution in [0, 0.1) is 0 Å². The van der Waals surface area contributed by atoms with E-state index in [1.165, 1.54) is 5.70 Å². The minimum absolute atomic E-state index is 1.10. The molecule has 0 saturated heterocycles. The van der Waals surface area contributed by atoms with Crippen molar-refractivity contribution in [3.05, 3.63) is 23.9 Å². The van der Waals surface area contributed by atoms with Crippen molar-refractivity contribution in [1.82, 2.24) is 4.90 Å². The van der Waals surface area contributed by atoms with Crippen LogP contribution in [0.1, 0.15) is 6.42 Å². The predicted octanol–water partition coefficient (Wildman–Crippen LogP) is 1.39. The molecule has 0 aromatic carbocycles. The minimum atomic E-state index is 1.10. The zero-order chi connectivity index (χ0) is 5.98. The lowest BCUT2D eigenvalue weighted by atomic mass is 10.4. The first kappa shape index (κ1) is 5.42. The van der Waals surface area contributed by atoms with Gasteiger partial charge in [0.15, 0.2) is 0 Å². The molecule has 0 amide bonds. The Morgan fingerprint density at radius 2 is 2.25 bits per heavy atom. The zero-order valence-electron chi connectivity index (χ0n) is 5.39. The van der Waals surface area contributed by atoms with Gasteiger partial charge in [0, 0.05) is 26.2 Å². The van der Waals surface area contributed by atoms with Gasteiger partial charge in [-0.25, -0.2) is 0 Å². The fourth-order valence-electron chi connectivity index (χ4n) is 0.768. The Labute approximate surface area is 50.3 Å². The van der Waals surface area contributed by atoms with E-state index in [9.17, 15) is 0 Å². The lowest BCUT2D eigenvalue weighted by Gasteiger charge is -2.11. The Morgan fingerprint density at radius 1 is 1.50 bits per heavy atom. The molecule has 0 aliphatic heterocycles. The summed E-state index contributed by atoms with van der Waals surface area (Å²) in [4.78, 5) is 2.14. The fraction of sp³-hybridized carbons (Fsp3) is 0.429. The van der Waals surface area contributed by atoms with Gasteiger partial charge in [-0.2, -0.15) is 0 Å². The molecule has 1 heteroatoms. The SMILES string of the molecule is CN(C)C1=CC=CC1. The molecule has 44 valence electrons. The average Bonchev–Trinajstić information content (AvgIpc) is 2.12. The van der Waals surface area contributed by atoms with Gasteiger partial charge in [0.2, 0.25) is 0 Å². The Bertz CT molecular complexity index is 131. The number of hydrogen-bond donors (Lipinski definition) is 0. The van der Waals surface area contributed by atoms with E-state index in [0.717, 1.165) is 6.42 Å². The van der Waals surface area contributed by atoms with Gasteiger partial charge in [0.25, 0.3) is 0 Å². The normalized spacial score (nSPS) is 16.5. The molecule has 0 N–H and O–H groups in total. The highest BCUT2D eigenvalue weighted by molar-refractivity contribution is 5.21. The van der Waals surface area contributed by atoms with Gasteiger partial charge in [-0.3, -0.25) is 0 Å². The van der Waals surface area contributed by atoms with Crippen LogP contribution in [0.25, 0.3) is 0 Å². The van der Waals surface area contributed by atoms with Gasteiger partial charge in [-0.1, -0.05) is 12.2 Å². The fourth-order valence-corrected chi connectivity index (χ4v) is 0.768. The molecule has 1 aliphatic carbocycles. The van der Waals surface area contributed by atoms with Crippen LogP contribution < -0.4 is 0 Å². The Balaban J connectivity index is 2.51. The van der Waals surface area contributed by atoms with Crippen LogP contribution in [0.4, 0.5) is 0 Å². The third-order valence-corrected chi connectivity index (χ3v) is 1.33. The molecule has 1 rings (SSSR count). The van der Waals surface area contributed by atoms with Gasteiger partial charge >= 0.3 is 0 Å². The summed E-state index contributed by atoms with van der Waals surface area (Å²) >= 11 is 0. The summed E-state index contributed by atoms with van der Waals surface area (Å²) in [6, 6.07) is 0. The molecule has 0 fully saturated rings. The van der Waals surface area contributed by atoms with E-state index in [1.54, 1.807) is 0 Å². The van der Waals surface area contributed by atoms with Crippen LogP contribution in [-0.2, 0) is 0 Å². The minimum Gasteiger partial charge on any atom is -0.381 e. The van der Waals surface area contributed by atoms with Crippen LogP contribution in [-0.4, -0.2) is 19.0 Å². The maximum atomic E-state index is 2.16. The highest BCUT2D eigenvalue weighted by Gasteiger charge is 1.98. The summed E-state index contributed by atoms with van der Waals surface area (Å²) < 4.78 is 0. The summed E-state index contributed by atoms with van der Waals surface area (Å²) in [6.45, 7) is 0. The number of nitrogens with zero attached hydrogens (tertiary/aromatic N) is 1. The van der Waals surface area contributed by atoms with Gasteiger partial charge in [-0.05, 0) is 6.08 Å². The quantitative estimate of drug-likeness (QED) is 0.492. The first-order chi connectivity index (χ1) is 3.80. The summed E-state index contributed by atoms with van der Waals surface area (Å²) in [7, 11) is 4.14. The second-order valence-corrected chi connectivity index (χ2v) is 2.18. The van der Waals surface area contributed by atoms with Gasteiger partial charge < -0.3 is 4.90 Å². The molecule has 1 aliphatic rings. The van der Waals surface area contributed by atoms with E-state index in [2.05, 4.69) is 37.2 Å². The summed E-state index contributed by atoms with van der Waals surface area (Å²) in [5.74, 6) is 0. The highest BCUT2D eigenvalue weighted by atomic mass is 15.1. The highest BCUT2D eigenvalue weighted by Crippen LogP contribution is 2.10. The third-order valence-electron chi connectivity index (χ3n) is 1.33. The molecular formula is C7H11N. The van der Waals surface area contributed by atoms with Crippen molar-refractivity contribution in [3.63, 3.8) is 0 Å². The molecule has 1 nitrogen and oxygen atoms in total. The smallest absolute Gasteiger partial charge is 0.0166 e. The van der Waals surface area contributed by atoms with Crippen molar-refractivity contribution in [3.8, 4) is 0 Å². The van der Waals surface area contributed by atoms with E-state index < -0.39 is 0 Å². The van der Waals surface area contributed by atoms with Crippen molar-refractivity contribution in [1.29, 1.82) is 0 Å². The van der Waals surface area contributed by atoms with E-state index in [-0.39, 0.29) is 0 Å². The summed E-state index contributed by atoms with van der Waals surface area (Å²) in [5.41, 5.74) is 1.39. The van der Waals surface area contributed by atoms with Crippen LogP contribution in [0.5, 0.6) is 0 Å². The van der Waals surface area contributed by atoms with E-state index in [1.807, 2.05) is 0 Å². The molecule has 0 aromatic heterocycles. The molecule has 0 atom stereocenters. The van der Waals surface area contributed by atoms with Gasteiger partial charge in [-0.15, -0.1) is 0 Å². The van der Waals surface area contributed by atoms with Crippen molar-refractivity contribution in [2.75, 3.05) is 14.1 Å². The summed E-state index contributed by atoms with van der Waals surface area (Å²) in [6.07, 6.45) is 7.50.